The van der Waals surface area contributed by atoms with Crippen molar-refractivity contribution in [2.45, 2.75) is 38.4 Å². The van der Waals surface area contributed by atoms with Crippen molar-refractivity contribution in [3.63, 3.8) is 0 Å². The van der Waals surface area contributed by atoms with E-state index in [0.717, 1.165) is 38.2 Å². The van der Waals surface area contributed by atoms with Crippen molar-refractivity contribution in [1.29, 1.82) is 0 Å². The minimum atomic E-state index is -0.361. The zero-order valence-corrected chi connectivity index (χ0v) is 11.8. The van der Waals surface area contributed by atoms with Crippen molar-refractivity contribution in [2.75, 3.05) is 26.2 Å². The summed E-state index contributed by atoms with van der Waals surface area (Å²) in [6, 6.07) is 9.90. The number of benzene rings is 1. The van der Waals surface area contributed by atoms with Crippen molar-refractivity contribution in [3.05, 3.63) is 35.9 Å². The van der Waals surface area contributed by atoms with E-state index in [-0.39, 0.29) is 6.10 Å². The van der Waals surface area contributed by atoms with Crippen LogP contribution in [0.4, 0.5) is 0 Å². The number of rotatable bonds is 7. The van der Waals surface area contributed by atoms with E-state index in [1.165, 1.54) is 12.8 Å². The third-order valence-corrected chi connectivity index (χ3v) is 3.84. The molecule has 2 unspecified atom stereocenters. The van der Waals surface area contributed by atoms with Gasteiger partial charge in [-0.2, -0.15) is 0 Å². The molecule has 1 N–H and O–H groups in total. The summed E-state index contributed by atoms with van der Waals surface area (Å²) in [5.41, 5.74) is 1.01. The highest BCUT2D eigenvalue weighted by molar-refractivity contribution is 5.17. The zero-order chi connectivity index (χ0) is 13.5. The molecule has 1 fully saturated rings. The van der Waals surface area contributed by atoms with Gasteiger partial charge in [0, 0.05) is 19.7 Å². The Bertz CT molecular complexity index is 349. The van der Waals surface area contributed by atoms with Gasteiger partial charge in [-0.1, -0.05) is 37.3 Å². The molecule has 0 aliphatic carbocycles. The van der Waals surface area contributed by atoms with Crippen LogP contribution in [-0.4, -0.2) is 42.4 Å². The number of aliphatic hydroxyl groups excluding tert-OH is 1. The third kappa shape index (κ3) is 4.60. The lowest BCUT2D eigenvalue weighted by molar-refractivity contribution is 0.0669. The molecular formula is C16H25NO2. The van der Waals surface area contributed by atoms with Crippen LogP contribution in [0.15, 0.2) is 30.3 Å². The lowest BCUT2D eigenvalue weighted by Crippen LogP contribution is -2.33. The van der Waals surface area contributed by atoms with Gasteiger partial charge in [0.2, 0.25) is 0 Å². The predicted octanol–water partition coefficient (Wildman–Crippen LogP) is 2.61. The highest BCUT2D eigenvalue weighted by Crippen LogP contribution is 2.18. The van der Waals surface area contributed by atoms with E-state index in [1.807, 2.05) is 30.3 Å². The van der Waals surface area contributed by atoms with E-state index in [2.05, 4.69) is 11.8 Å². The number of likely N-dealkylation sites (N-methyl/N-ethyl adjacent to an activating group) is 1. The Labute approximate surface area is 116 Å². The van der Waals surface area contributed by atoms with Gasteiger partial charge in [0.05, 0.1) is 12.2 Å². The van der Waals surface area contributed by atoms with E-state index < -0.39 is 0 Å². The minimum absolute atomic E-state index is 0.361. The van der Waals surface area contributed by atoms with Crippen LogP contribution in [-0.2, 0) is 4.74 Å². The summed E-state index contributed by atoms with van der Waals surface area (Å²) >= 11 is 0. The van der Waals surface area contributed by atoms with Crippen molar-refractivity contribution in [1.82, 2.24) is 4.90 Å². The predicted molar refractivity (Wildman–Crippen MR) is 77.1 cm³/mol. The van der Waals surface area contributed by atoms with Crippen LogP contribution in [0.2, 0.25) is 0 Å². The number of ether oxygens (including phenoxy) is 1. The van der Waals surface area contributed by atoms with Gasteiger partial charge in [-0.3, -0.25) is 0 Å². The number of nitrogens with zero attached hydrogens (tertiary/aromatic N) is 1. The summed E-state index contributed by atoms with van der Waals surface area (Å²) in [6.45, 7) is 6.02. The van der Waals surface area contributed by atoms with Crippen LogP contribution in [0.5, 0.6) is 0 Å². The molecule has 3 nitrogen and oxygen atoms in total. The molecule has 1 aromatic rings. The maximum Gasteiger partial charge on any atom is 0.0802 e. The van der Waals surface area contributed by atoms with Crippen molar-refractivity contribution in [2.24, 2.45) is 0 Å². The van der Waals surface area contributed by atoms with Gasteiger partial charge < -0.3 is 14.7 Å². The van der Waals surface area contributed by atoms with E-state index >= 15 is 0 Å². The molecule has 0 aromatic heterocycles. The van der Waals surface area contributed by atoms with E-state index in [1.54, 1.807) is 0 Å². The first-order valence-corrected chi connectivity index (χ1v) is 7.36. The molecule has 2 rings (SSSR count). The smallest absolute Gasteiger partial charge is 0.0802 e. The number of hydrogen-bond donors (Lipinski definition) is 1. The van der Waals surface area contributed by atoms with Crippen LogP contribution in [0.3, 0.4) is 0 Å². The Hall–Kier alpha value is -0.900. The number of aliphatic hydroxyl groups is 1. The summed E-state index contributed by atoms with van der Waals surface area (Å²) in [7, 11) is 0. The van der Waals surface area contributed by atoms with Crippen molar-refractivity contribution in [3.8, 4) is 0 Å². The minimum Gasteiger partial charge on any atom is -0.388 e. The highest BCUT2D eigenvalue weighted by Gasteiger charge is 2.19. The van der Waals surface area contributed by atoms with E-state index in [0.29, 0.717) is 6.10 Å². The molecule has 0 radical (unpaired) electrons. The summed E-state index contributed by atoms with van der Waals surface area (Å²) in [6.07, 6.45) is 3.19. The molecule has 0 bridgehead atoms. The Morgan fingerprint density at radius 3 is 2.79 bits per heavy atom. The Morgan fingerprint density at radius 1 is 1.37 bits per heavy atom. The SMILES string of the molecule is CCN(CCC(O)c1ccccc1)CC1CCCO1. The fourth-order valence-electron chi connectivity index (χ4n) is 2.60. The average Bonchev–Trinajstić information content (AvgIpc) is 2.97. The van der Waals surface area contributed by atoms with Crippen LogP contribution in [0.25, 0.3) is 0 Å². The highest BCUT2D eigenvalue weighted by atomic mass is 16.5. The molecule has 0 saturated carbocycles. The molecule has 106 valence electrons. The molecule has 3 heteroatoms. The van der Waals surface area contributed by atoms with Gasteiger partial charge in [-0.25, -0.2) is 0 Å². The van der Waals surface area contributed by atoms with Crippen LogP contribution < -0.4 is 0 Å². The van der Waals surface area contributed by atoms with Gasteiger partial charge in [0.15, 0.2) is 0 Å². The first-order chi connectivity index (χ1) is 9.29. The summed E-state index contributed by atoms with van der Waals surface area (Å²) < 4.78 is 5.67. The molecule has 1 aliphatic rings. The largest absolute Gasteiger partial charge is 0.388 e. The second-order valence-corrected chi connectivity index (χ2v) is 5.24. The van der Waals surface area contributed by atoms with Crippen molar-refractivity contribution >= 4 is 0 Å². The lowest BCUT2D eigenvalue weighted by Gasteiger charge is -2.24. The van der Waals surface area contributed by atoms with Gasteiger partial charge in [-0.15, -0.1) is 0 Å². The first-order valence-electron chi connectivity index (χ1n) is 7.36. The molecular weight excluding hydrogens is 238 g/mol. The first kappa shape index (κ1) is 14.5. The summed E-state index contributed by atoms with van der Waals surface area (Å²) in [5, 5.41) is 10.2. The van der Waals surface area contributed by atoms with Gasteiger partial charge in [-0.05, 0) is 31.4 Å². The van der Waals surface area contributed by atoms with Crippen LogP contribution in [0, 0.1) is 0 Å². The maximum absolute atomic E-state index is 10.2. The molecule has 1 saturated heterocycles. The standard InChI is InChI=1S/C16H25NO2/c1-2-17(13-15-9-6-12-19-15)11-10-16(18)14-7-4-3-5-8-14/h3-5,7-8,15-16,18H,2,6,9-13H2,1H3. The third-order valence-electron chi connectivity index (χ3n) is 3.84. The topological polar surface area (TPSA) is 32.7 Å². The average molecular weight is 263 g/mol. The Kier molecular flexibility index (Phi) is 5.83. The quantitative estimate of drug-likeness (QED) is 0.821. The maximum atomic E-state index is 10.2. The zero-order valence-electron chi connectivity index (χ0n) is 11.8. The molecule has 1 aliphatic heterocycles. The molecule has 0 spiro atoms. The summed E-state index contributed by atoms with van der Waals surface area (Å²) in [4.78, 5) is 2.38. The molecule has 0 amide bonds. The molecule has 19 heavy (non-hydrogen) atoms. The van der Waals surface area contributed by atoms with Crippen molar-refractivity contribution < 1.29 is 9.84 Å². The van der Waals surface area contributed by atoms with E-state index in [9.17, 15) is 5.11 Å². The normalized spacial score (nSPS) is 20.9. The fourth-order valence-corrected chi connectivity index (χ4v) is 2.60. The van der Waals surface area contributed by atoms with E-state index in [4.69, 9.17) is 4.74 Å². The van der Waals surface area contributed by atoms with Crippen LogP contribution in [0.1, 0.15) is 37.9 Å². The number of hydrogen-bond acceptors (Lipinski definition) is 3. The van der Waals surface area contributed by atoms with Crippen LogP contribution >= 0.6 is 0 Å². The second kappa shape index (κ2) is 7.63. The lowest BCUT2D eigenvalue weighted by atomic mass is 10.1. The Morgan fingerprint density at radius 2 is 2.16 bits per heavy atom. The molecule has 1 heterocycles. The monoisotopic (exact) mass is 263 g/mol. The second-order valence-electron chi connectivity index (χ2n) is 5.24. The van der Waals surface area contributed by atoms with Gasteiger partial charge >= 0.3 is 0 Å². The van der Waals surface area contributed by atoms with Gasteiger partial charge in [0.25, 0.3) is 0 Å². The molecule has 2 atom stereocenters. The Balaban J connectivity index is 1.75. The fraction of sp³-hybridized carbons (Fsp3) is 0.625. The molecule has 1 aromatic carbocycles. The van der Waals surface area contributed by atoms with Gasteiger partial charge in [0.1, 0.15) is 0 Å². The summed E-state index contributed by atoms with van der Waals surface area (Å²) in [5.74, 6) is 0.